The van der Waals surface area contributed by atoms with Crippen molar-refractivity contribution in [3.63, 3.8) is 0 Å². The number of nitrogens with two attached hydrogens (primary N) is 1. The Hall–Kier alpha value is -2.33. The highest BCUT2D eigenvalue weighted by atomic mass is 35.5. The molecule has 0 aliphatic heterocycles. The van der Waals surface area contributed by atoms with E-state index in [2.05, 4.69) is 15.2 Å². The molecule has 0 spiro atoms. The van der Waals surface area contributed by atoms with Gasteiger partial charge in [0.2, 0.25) is 0 Å². The van der Waals surface area contributed by atoms with E-state index in [9.17, 15) is 0 Å². The van der Waals surface area contributed by atoms with Gasteiger partial charge in [0.15, 0.2) is 5.82 Å². The number of nitrogen functional groups attached to an aromatic ring is 1. The predicted molar refractivity (Wildman–Crippen MR) is 81.4 cm³/mol. The summed E-state index contributed by atoms with van der Waals surface area (Å²) in [5, 5.41) is 7.75. The van der Waals surface area contributed by atoms with Crippen LogP contribution in [0.5, 0.6) is 0 Å². The first kappa shape index (κ1) is 12.7. The maximum absolute atomic E-state index is 6.12. The molecule has 3 aromatic rings. The molecule has 0 fully saturated rings. The molecule has 3 rings (SSSR count). The van der Waals surface area contributed by atoms with Gasteiger partial charge in [0.1, 0.15) is 0 Å². The van der Waals surface area contributed by atoms with Crippen molar-refractivity contribution in [2.45, 2.75) is 6.92 Å². The lowest BCUT2D eigenvalue weighted by Gasteiger charge is -2.05. The standard InChI is InChI=1S/C15H13ClN4/c1-9-6-10(8-11(16)7-9)14-13(15(17)20-19-14)12-4-2-3-5-18-12/h2-8H,1H3,(H3,17,19,20). The van der Waals surface area contributed by atoms with Crippen LogP contribution in [0.2, 0.25) is 5.02 Å². The highest BCUT2D eigenvalue weighted by Gasteiger charge is 2.16. The summed E-state index contributed by atoms with van der Waals surface area (Å²) < 4.78 is 0. The molecule has 3 N–H and O–H groups in total. The van der Waals surface area contributed by atoms with Gasteiger partial charge < -0.3 is 5.73 Å². The molecule has 0 bridgehead atoms. The number of nitrogens with zero attached hydrogens (tertiary/aromatic N) is 2. The first-order valence-corrected chi connectivity index (χ1v) is 6.56. The third kappa shape index (κ3) is 2.26. The fraction of sp³-hybridized carbons (Fsp3) is 0.0667. The minimum atomic E-state index is 0.427. The molecule has 1 aromatic carbocycles. The van der Waals surface area contributed by atoms with Crippen LogP contribution in [0.3, 0.4) is 0 Å². The highest BCUT2D eigenvalue weighted by molar-refractivity contribution is 6.31. The molecule has 0 atom stereocenters. The van der Waals surface area contributed by atoms with Crippen LogP contribution in [0, 0.1) is 6.92 Å². The van der Waals surface area contributed by atoms with Gasteiger partial charge in [-0.05, 0) is 42.8 Å². The molecule has 2 aromatic heterocycles. The number of hydrogen-bond acceptors (Lipinski definition) is 3. The molecule has 0 radical (unpaired) electrons. The zero-order valence-corrected chi connectivity index (χ0v) is 11.6. The Morgan fingerprint density at radius 2 is 2.05 bits per heavy atom. The summed E-state index contributed by atoms with van der Waals surface area (Å²) in [4.78, 5) is 4.34. The molecule has 20 heavy (non-hydrogen) atoms. The molecule has 0 aliphatic rings. The van der Waals surface area contributed by atoms with Gasteiger partial charge in [-0.2, -0.15) is 5.10 Å². The largest absolute Gasteiger partial charge is 0.382 e. The monoisotopic (exact) mass is 284 g/mol. The lowest BCUT2D eigenvalue weighted by Crippen LogP contribution is -1.91. The molecule has 0 saturated carbocycles. The maximum atomic E-state index is 6.12. The second-order valence-electron chi connectivity index (χ2n) is 4.59. The summed E-state index contributed by atoms with van der Waals surface area (Å²) >= 11 is 6.12. The van der Waals surface area contributed by atoms with E-state index in [0.717, 1.165) is 28.1 Å². The topological polar surface area (TPSA) is 67.6 Å². The van der Waals surface area contributed by atoms with Crippen molar-refractivity contribution in [3.8, 4) is 22.5 Å². The molecule has 0 saturated heterocycles. The fourth-order valence-corrected chi connectivity index (χ4v) is 2.51. The Morgan fingerprint density at radius 3 is 2.75 bits per heavy atom. The van der Waals surface area contributed by atoms with Gasteiger partial charge in [-0.3, -0.25) is 10.1 Å². The number of benzene rings is 1. The third-order valence-electron chi connectivity index (χ3n) is 3.05. The molecular weight excluding hydrogens is 272 g/mol. The first-order chi connectivity index (χ1) is 9.65. The van der Waals surface area contributed by atoms with E-state index in [-0.39, 0.29) is 0 Å². The van der Waals surface area contributed by atoms with Gasteiger partial charge in [0.05, 0.1) is 17.0 Å². The van der Waals surface area contributed by atoms with E-state index in [1.54, 1.807) is 6.20 Å². The Morgan fingerprint density at radius 1 is 1.20 bits per heavy atom. The summed E-state index contributed by atoms with van der Waals surface area (Å²) in [5.41, 5.74) is 10.4. The number of pyridine rings is 1. The summed E-state index contributed by atoms with van der Waals surface area (Å²) in [6.07, 6.45) is 1.73. The Balaban J connectivity index is 2.21. The normalized spacial score (nSPS) is 10.7. The maximum Gasteiger partial charge on any atom is 0.155 e. The fourth-order valence-electron chi connectivity index (χ4n) is 2.22. The zero-order valence-electron chi connectivity index (χ0n) is 10.9. The smallest absolute Gasteiger partial charge is 0.155 e. The molecule has 0 aliphatic carbocycles. The Labute approximate surface area is 121 Å². The van der Waals surface area contributed by atoms with Crippen molar-refractivity contribution < 1.29 is 0 Å². The van der Waals surface area contributed by atoms with E-state index in [0.29, 0.717) is 10.8 Å². The summed E-state index contributed by atoms with van der Waals surface area (Å²) in [5.74, 6) is 0.427. The lowest BCUT2D eigenvalue weighted by atomic mass is 10.0. The number of halogens is 1. The number of aryl methyl sites for hydroxylation is 1. The molecule has 100 valence electrons. The van der Waals surface area contributed by atoms with Crippen LogP contribution in [-0.2, 0) is 0 Å². The average Bonchev–Trinajstić information content (AvgIpc) is 2.80. The summed E-state index contributed by atoms with van der Waals surface area (Å²) in [6, 6.07) is 11.5. The van der Waals surface area contributed by atoms with Gasteiger partial charge >= 0.3 is 0 Å². The number of H-pyrrole nitrogens is 1. The van der Waals surface area contributed by atoms with Crippen LogP contribution in [-0.4, -0.2) is 15.2 Å². The van der Waals surface area contributed by atoms with Crippen LogP contribution in [0.25, 0.3) is 22.5 Å². The highest BCUT2D eigenvalue weighted by Crippen LogP contribution is 2.34. The molecule has 0 amide bonds. The lowest BCUT2D eigenvalue weighted by molar-refractivity contribution is 1.10. The van der Waals surface area contributed by atoms with E-state index in [4.69, 9.17) is 17.3 Å². The Kier molecular flexibility index (Phi) is 3.16. The minimum Gasteiger partial charge on any atom is -0.382 e. The predicted octanol–water partition coefficient (Wildman–Crippen LogP) is 3.68. The van der Waals surface area contributed by atoms with Crippen LogP contribution < -0.4 is 5.73 Å². The van der Waals surface area contributed by atoms with Crippen molar-refractivity contribution in [1.82, 2.24) is 15.2 Å². The number of aromatic nitrogens is 3. The molecule has 4 nitrogen and oxygen atoms in total. The van der Waals surface area contributed by atoms with E-state index in [1.165, 1.54) is 0 Å². The van der Waals surface area contributed by atoms with E-state index in [1.807, 2.05) is 43.3 Å². The van der Waals surface area contributed by atoms with Crippen molar-refractivity contribution in [1.29, 1.82) is 0 Å². The van der Waals surface area contributed by atoms with Crippen LogP contribution in [0.15, 0.2) is 42.6 Å². The SMILES string of the molecule is Cc1cc(Cl)cc(-c2[nH]nc(N)c2-c2ccccn2)c1. The van der Waals surface area contributed by atoms with Gasteiger partial charge in [0, 0.05) is 16.8 Å². The van der Waals surface area contributed by atoms with E-state index >= 15 is 0 Å². The average molecular weight is 285 g/mol. The quantitative estimate of drug-likeness (QED) is 0.754. The summed E-state index contributed by atoms with van der Waals surface area (Å²) in [6.45, 7) is 2.00. The number of aromatic amines is 1. The van der Waals surface area contributed by atoms with Gasteiger partial charge in [0.25, 0.3) is 0 Å². The van der Waals surface area contributed by atoms with Gasteiger partial charge in [-0.25, -0.2) is 0 Å². The molecule has 0 unspecified atom stereocenters. The van der Waals surface area contributed by atoms with Crippen LogP contribution in [0.4, 0.5) is 5.82 Å². The van der Waals surface area contributed by atoms with Gasteiger partial charge in [-0.1, -0.05) is 17.7 Å². The number of anilines is 1. The second kappa shape index (κ2) is 4.98. The minimum absolute atomic E-state index is 0.427. The first-order valence-electron chi connectivity index (χ1n) is 6.18. The van der Waals surface area contributed by atoms with Crippen LogP contribution >= 0.6 is 11.6 Å². The summed E-state index contributed by atoms with van der Waals surface area (Å²) in [7, 11) is 0. The third-order valence-corrected chi connectivity index (χ3v) is 3.26. The number of hydrogen-bond donors (Lipinski definition) is 2. The van der Waals surface area contributed by atoms with Crippen molar-refractivity contribution in [2.24, 2.45) is 0 Å². The van der Waals surface area contributed by atoms with Crippen molar-refractivity contribution >= 4 is 17.4 Å². The zero-order chi connectivity index (χ0) is 14.1. The molecule has 2 heterocycles. The van der Waals surface area contributed by atoms with E-state index < -0.39 is 0 Å². The van der Waals surface area contributed by atoms with Gasteiger partial charge in [-0.15, -0.1) is 0 Å². The molecular formula is C15H13ClN4. The molecule has 5 heteroatoms. The van der Waals surface area contributed by atoms with Crippen molar-refractivity contribution in [2.75, 3.05) is 5.73 Å². The second-order valence-corrected chi connectivity index (χ2v) is 5.03. The number of nitrogens with one attached hydrogen (secondary N) is 1. The number of rotatable bonds is 2. The van der Waals surface area contributed by atoms with Crippen LogP contribution in [0.1, 0.15) is 5.56 Å². The Bertz CT molecular complexity index is 730. The van der Waals surface area contributed by atoms with Crippen molar-refractivity contribution in [3.05, 3.63) is 53.2 Å².